The largest absolute Gasteiger partial charge is 0.325 e. The van der Waals surface area contributed by atoms with Gasteiger partial charge in [0.15, 0.2) is 0 Å². The van der Waals surface area contributed by atoms with E-state index in [0.717, 1.165) is 22.0 Å². The standard InChI is InChI=1S/C14H15ClN2OS/c1-9-3-5-11(6-4-9)16-13(18)10(2)14-17-12(7-15)8-19-14/h3-6,8,10H,7H2,1-2H3,(H,16,18). The summed E-state index contributed by atoms with van der Waals surface area (Å²) in [6.45, 7) is 3.86. The Morgan fingerprint density at radius 1 is 1.42 bits per heavy atom. The molecule has 1 unspecified atom stereocenters. The van der Waals surface area contributed by atoms with Gasteiger partial charge in [-0.2, -0.15) is 0 Å². The third-order valence-corrected chi connectivity index (χ3v) is 4.14. The fraction of sp³-hybridized carbons (Fsp3) is 0.286. The van der Waals surface area contributed by atoms with Crippen LogP contribution in [0.5, 0.6) is 0 Å². The number of nitrogens with zero attached hydrogens (tertiary/aromatic N) is 1. The van der Waals surface area contributed by atoms with Crippen LogP contribution < -0.4 is 5.32 Å². The highest BCUT2D eigenvalue weighted by atomic mass is 35.5. The van der Waals surface area contributed by atoms with Gasteiger partial charge in [0.1, 0.15) is 5.01 Å². The molecule has 1 atom stereocenters. The van der Waals surface area contributed by atoms with Gasteiger partial charge >= 0.3 is 0 Å². The number of hydrogen-bond acceptors (Lipinski definition) is 3. The number of aromatic nitrogens is 1. The van der Waals surface area contributed by atoms with Crippen molar-refractivity contribution < 1.29 is 4.79 Å². The maximum atomic E-state index is 12.1. The molecule has 5 heteroatoms. The van der Waals surface area contributed by atoms with Crippen LogP contribution in [0.3, 0.4) is 0 Å². The summed E-state index contributed by atoms with van der Waals surface area (Å²) in [5, 5.41) is 5.57. The number of nitrogens with one attached hydrogen (secondary N) is 1. The Labute approximate surface area is 121 Å². The molecule has 0 aliphatic heterocycles. The molecule has 0 fully saturated rings. The summed E-state index contributed by atoms with van der Waals surface area (Å²) < 4.78 is 0. The smallest absolute Gasteiger partial charge is 0.234 e. The molecule has 2 rings (SSSR count). The Balaban J connectivity index is 2.04. The molecular weight excluding hydrogens is 280 g/mol. The number of anilines is 1. The first-order valence-electron chi connectivity index (χ1n) is 5.98. The van der Waals surface area contributed by atoms with Gasteiger partial charge in [0, 0.05) is 11.1 Å². The van der Waals surface area contributed by atoms with Crippen LogP contribution in [-0.2, 0) is 10.7 Å². The number of carbonyl (C=O) groups is 1. The van der Waals surface area contributed by atoms with E-state index in [1.165, 1.54) is 11.3 Å². The molecule has 2 aromatic rings. The van der Waals surface area contributed by atoms with Crippen molar-refractivity contribution in [3.8, 4) is 0 Å². The van der Waals surface area contributed by atoms with Crippen molar-refractivity contribution in [1.82, 2.24) is 4.98 Å². The highest BCUT2D eigenvalue weighted by Crippen LogP contribution is 2.22. The zero-order chi connectivity index (χ0) is 13.8. The maximum Gasteiger partial charge on any atom is 0.234 e. The van der Waals surface area contributed by atoms with Crippen molar-refractivity contribution in [3.05, 3.63) is 45.9 Å². The van der Waals surface area contributed by atoms with Gasteiger partial charge in [-0.1, -0.05) is 17.7 Å². The molecule has 100 valence electrons. The lowest BCUT2D eigenvalue weighted by molar-refractivity contribution is -0.117. The summed E-state index contributed by atoms with van der Waals surface area (Å²) >= 11 is 7.18. The maximum absolute atomic E-state index is 12.1. The van der Waals surface area contributed by atoms with Crippen molar-refractivity contribution in [1.29, 1.82) is 0 Å². The number of benzene rings is 1. The second-order valence-electron chi connectivity index (χ2n) is 4.39. The number of aryl methyl sites for hydroxylation is 1. The third kappa shape index (κ3) is 3.55. The Morgan fingerprint density at radius 3 is 2.68 bits per heavy atom. The molecule has 19 heavy (non-hydrogen) atoms. The Hall–Kier alpha value is -1.39. The number of rotatable bonds is 4. The van der Waals surface area contributed by atoms with Gasteiger partial charge in [0.25, 0.3) is 0 Å². The summed E-state index contributed by atoms with van der Waals surface area (Å²) in [7, 11) is 0. The number of hydrogen-bond donors (Lipinski definition) is 1. The van der Waals surface area contributed by atoms with E-state index in [0.29, 0.717) is 5.88 Å². The van der Waals surface area contributed by atoms with E-state index in [1.807, 2.05) is 43.5 Å². The van der Waals surface area contributed by atoms with Crippen LogP contribution in [0, 0.1) is 6.92 Å². The highest BCUT2D eigenvalue weighted by Gasteiger charge is 2.18. The molecular formula is C14H15ClN2OS. The van der Waals surface area contributed by atoms with E-state index in [1.54, 1.807) is 0 Å². The topological polar surface area (TPSA) is 42.0 Å². The lowest BCUT2D eigenvalue weighted by atomic mass is 10.1. The average Bonchev–Trinajstić information content (AvgIpc) is 2.89. The number of carbonyl (C=O) groups excluding carboxylic acids is 1. The van der Waals surface area contributed by atoms with Gasteiger partial charge in [-0.3, -0.25) is 4.79 Å². The molecule has 0 aliphatic carbocycles. The van der Waals surface area contributed by atoms with Crippen LogP contribution >= 0.6 is 22.9 Å². The van der Waals surface area contributed by atoms with Crippen molar-refractivity contribution in [2.24, 2.45) is 0 Å². The molecule has 0 spiro atoms. The predicted octanol–water partition coefficient (Wildman–Crippen LogP) is 3.93. The third-order valence-electron chi connectivity index (χ3n) is 2.79. The Kier molecular flexibility index (Phi) is 4.56. The minimum Gasteiger partial charge on any atom is -0.325 e. The number of halogens is 1. The molecule has 1 N–H and O–H groups in total. The van der Waals surface area contributed by atoms with Crippen LogP contribution in [0.2, 0.25) is 0 Å². The van der Waals surface area contributed by atoms with Crippen molar-refractivity contribution in [2.75, 3.05) is 5.32 Å². The molecule has 3 nitrogen and oxygen atoms in total. The van der Waals surface area contributed by atoms with Crippen LogP contribution in [0.4, 0.5) is 5.69 Å². The molecule has 1 amide bonds. The lowest BCUT2D eigenvalue weighted by Gasteiger charge is -2.10. The minimum absolute atomic E-state index is 0.0562. The molecule has 0 radical (unpaired) electrons. The Bertz CT molecular complexity index is 565. The molecule has 0 bridgehead atoms. The van der Waals surface area contributed by atoms with Crippen LogP contribution in [0.25, 0.3) is 0 Å². The van der Waals surface area contributed by atoms with E-state index < -0.39 is 0 Å². The van der Waals surface area contributed by atoms with Crippen LogP contribution in [-0.4, -0.2) is 10.9 Å². The van der Waals surface area contributed by atoms with Gasteiger partial charge in [0.2, 0.25) is 5.91 Å². The molecule has 1 aromatic carbocycles. The monoisotopic (exact) mass is 294 g/mol. The zero-order valence-electron chi connectivity index (χ0n) is 10.8. The highest BCUT2D eigenvalue weighted by molar-refractivity contribution is 7.09. The van der Waals surface area contributed by atoms with E-state index in [-0.39, 0.29) is 11.8 Å². The van der Waals surface area contributed by atoms with Crippen LogP contribution in [0.1, 0.15) is 29.1 Å². The summed E-state index contributed by atoms with van der Waals surface area (Å²) in [4.78, 5) is 16.4. The van der Waals surface area contributed by atoms with Gasteiger partial charge in [-0.25, -0.2) is 4.98 Å². The minimum atomic E-state index is -0.275. The summed E-state index contributed by atoms with van der Waals surface area (Å²) in [5.74, 6) is 0.0468. The fourth-order valence-electron chi connectivity index (χ4n) is 1.58. The van der Waals surface area contributed by atoms with Crippen molar-refractivity contribution in [2.45, 2.75) is 25.6 Å². The quantitative estimate of drug-likeness (QED) is 0.868. The first-order valence-corrected chi connectivity index (χ1v) is 7.39. The average molecular weight is 295 g/mol. The van der Waals surface area contributed by atoms with E-state index in [2.05, 4.69) is 10.3 Å². The zero-order valence-corrected chi connectivity index (χ0v) is 12.4. The van der Waals surface area contributed by atoms with Gasteiger partial charge in [-0.05, 0) is 26.0 Å². The molecule has 0 aliphatic rings. The van der Waals surface area contributed by atoms with E-state index in [4.69, 9.17) is 11.6 Å². The SMILES string of the molecule is Cc1ccc(NC(=O)C(C)c2nc(CCl)cs2)cc1. The van der Waals surface area contributed by atoms with Crippen molar-refractivity contribution >= 4 is 34.5 Å². The van der Waals surface area contributed by atoms with Gasteiger partial charge in [-0.15, -0.1) is 22.9 Å². The normalized spacial score (nSPS) is 12.2. The molecule has 0 saturated heterocycles. The van der Waals surface area contributed by atoms with Gasteiger partial charge in [0.05, 0.1) is 17.5 Å². The second-order valence-corrected chi connectivity index (χ2v) is 5.54. The van der Waals surface area contributed by atoms with Gasteiger partial charge < -0.3 is 5.32 Å². The van der Waals surface area contributed by atoms with E-state index >= 15 is 0 Å². The Morgan fingerprint density at radius 2 is 2.11 bits per heavy atom. The second kappa shape index (κ2) is 6.17. The summed E-state index contributed by atoms with van der Waals surface area (Å²) in [6, 6.07) is 7.72. The molecule has 1 aromatic heterocycles. The first kappa shape index (κ1) is 14.0. The van der Waals surface area contributed by atoms with Crippen LogP contribution in [0.15, 0.2) is 29.6 Å². The number of amides is 1. The summed E-state index contributed by atoms with van der Waals surface area (Å²) in [6.07, 6.45) is 0. The lowest BCUT2D eigenvalue weighted by Crippen LogP contribution is -2.18. The molecule has 1 heterocycles. The number of thiazole rings is 1. The predicted molar refractivity (Wildman–Crippen MR) is 79.9 cm³/mol. The van der Waals surface area contributed by atoms with E-state index in [9.17, 15) is 4.79 Å². The summed E-state index contributed by atoms with van der Waals surface area (Å²) in [5.41, 5.74) is 2.78. The first-order chi connectivity index (χ1) is 9.10. The number of alkyl halides is 1. The fourth-order valence-corrected chi connectivity index (χ4v) is 2.68. The molecule has 0 saturated carbocycles. The van der Waals surface area contributed by atoms with Crippen molar-refractivity contribution in [3.63, 3.8) is 0 Å².